The molecule has 1 aromatic carbocycles. The lowest BCUT2D eigenvalue weighted by molar-refractivity contribution is 0.0741. The summed E-state index contributed by atoms with van der Waals surface area (Å²) in [6.07, 6.45) is 1.88. The summed E-state index contributed by atoms with van der Waals surface area (Å²) in [5, 5.41) is 4.01. The number of anilines is 1. The highest BCUT2D eigenvalue weighted by Gasteiger charge is 2.29. The van der Waals surface area contributed by atoms with Gasteiger partial charge in [-0.15, -0.1) is 0 Å². The van der Waals surface area contributed by atoms with Crippen LogP contribution in [0.1, 0.15) is 33.4 Å². The van der Waals surface area contributed by atoms with Crippen molar-refractivity contribution in [1.29, 1.82) is 0 Å². The number of carbonyl (C=O) groups excluding carboxylic acids is 1. The zero-order valence-corrected chi connectivity index (χ0v) is 14.0. The van der Waals surface area contributed by atoms with Crippen LogP contribution in [0.25, 0.3) is 0 Å². The van der Waals surface area contributed by atoms with E-state index in [0.717, 1.165) is 35.1 Å². The molecular weight excluding hydrogens is 294 g/mol. The fourth-order valence-electron chi connectivity index (χ4n) is 2.96. The standard InChI is InChI=1S/C17H21N3OS/c1-4-18-17-19-11(2)15(22-17)16(21)20(3)14-9-12-7-5-6-8-13(12)10-14/h5-8,14H,4,9-10H2,1-3H3,(H,18,19). The molecule has 0 spiro atoms. The van der Waals surface area contributed by atoms with Gasteiger partial charge in [0.05, 0.1) is 5.69 Å². The van der Waals surface area contributed by atoms with Crippen molar-refractivity contribution in [2.24, 2.45) is 0 Å². The predicted molar refractivity (Wildman–Crippen MR) is 90.7 cm³/mol. The minimum atomic E-state index is 0.0805. The Morgan fingerprint density at radius 1 is 1.36 bits per heavy atom. The van der Waals surface area contributed by atoms with Gasteiger partial charge in [-0.25, -0.2) is 4.98 Å². The van der Waals surface area contributed by atoms with Gasteiger partial charge in [0.1, 0.15) is 4.88 Å². The maximum atomic E-state index is 12.8. The number of thiazole rings is 1. The van der Waals surface area contributed by atoms with E-state index in [1.165, 1.54) is 22.5 Å². The van der Waals surface area contributed by atoms with E-state index in [9.17, 15) is 4.79 Å². The smallest absolute Gasteiger partial charge is 0.265 e. The van der Waals surface area contributed by atoms with Crippen molar-refractivity contribution >= 4 is 22.4 Å². The van der Waals surface area contributed by atoms with Crippen LogP contribution in [0.2, 0.25) is 0 Å². The third kappa shape index (κ3) is 2.73. The lowest BCUT2D eigenvalue weighted by atomic mass is 10.1. The third-order valence-electron chi connectivity index (χ3n) is 4.22. The van der Waals surface area contributed by atoms with E-state index in [2.05, 4.69) is 34.6 Å². The molecule has 0 bridgehead atoms. The second kappa shape index (κ2) is 6.08. The molecule has 4 nitrogen and oxygen atoms in total. The Balaban J connectivity index is 1.76. The quantitative estimate of drug-likeness (QED) is 0.943. The van der Waals surface area contributed by atoms with Gasteiger partial charge in [-0.2, -0.15) is 0 Å². The van der Waals surface area contributed by atoms with Gasteiger partial charge in [0.25, 0.3) is 5.91 Å². The summed E-state index contributed by atoms with van der Waals surface area (Å²) in [4.78, 5) is 19.8. The first-order valence-electron chi connectivity index (χ1n) is 7.65. The van der Waals surface area contributed by atoms with Gasteiger partial charge in [0.15, 0.2) is 5.13 Å². The number of amides is 1. The van der Waals surface area contributed by atoms with E-state index in [0.29, 0.717) is 0 Å². The van der Waals surface area contributed by atoms with Crippen LogP contribution in [-0.4, -0.2) is 35.4 Å². The van der Waals surface area contributed by atoms with Crippen LogP contribution >= 0.6 is 11.3 Å². The minimum absolute atomic E-state index is 0.0805. The number of aromatic nitrogens is 1. The Hall–Kier alpha value is -1.88. The van der Waals surface area contributed by atoms with E-state index in [-0.39, 0.29) is 11.9 Å². The SMILES string of the molecule is CCNc1nc(C)c(C(=O)N(C)C2Cc3ccccc3C2)s1. The number of hydrogen-bond donors (Lipinski definition) is 1. The molecule has 1 aliphatic carbocycles. The molecule has 0 atom stereocenters. The maximum absolute atomic E-state index is 12.8. The average Bonchev–Trinajstić information content (AvgIpc) is 3.09. The van der Waals surface area contributed by atoms with Crippen LogP contribution < -0.4 is 5.32 Å². The van der Waals surface area contributed by atoms with Gasteiger partial charge in [-0.1, -0.05) is 35.6 Å². The Bertz CT molecular complexity index is 670. The van der Waals surface area contributed by atoms with Crippen LogP contribution in [0, 0.1) is 6.92 Å². The molecule has 0 unspecified atom stereocenters. The van der Waals surface area contributed by atoms with Crippen molar-refractivity contribution in [2.75, 3.05) is 18.9 Å². The van der Waals surface area contributed by atoms with Gasteiger partial charge in [0.2, 0.25) is 0 Å². The molecule has 116 valence electrons. The molecule has 0 radical (unpaired) electrons. The minimum Gasteiger partial charge on any atom is -0.362 e. The summed E-state index contributed by atoms with van der Waals surface area (Å²) < 4.78 is 0. The topological polar surface area (TPSA) is 45.2 Å². The number of nitrogens with one attached hydrogen (secondary N) is 1. The molecule has 3 rings (SSSR count). The molecular formula is C17H21N3OS. The van der Waals surface area contributed by atoms with E-state index < -0.39 is 0 Å². The van der Waals surface area contributed by atoms with Crippen molar-refractivity contribution in [3.8, 4) is 0 Å². The number of fused-ring (bicyclic) bond motifs is 1. The number of rotatable bonds is 4. The van der Waals surface area contributed by atoms with E-state index >= 15 is 0 Å². The van der Waals surface area contributed by atoms with Gasteiger partial charge < -0.3 is 10.2 Å². The maximum Gasteiger partial charge on any atom is 0.265 e. The third-order valence-corrected chi connectivity index (χ3v) is 5.32. The first-order valence-corrected chi connectivity index (χ1v) is 8.47. The van der Waals surface area contributed by atoms with Crippen molar-refractivity contribution in [3.05, 3.63) is 46.0 Å². The zero-order valence-electron chi connectivity index (χ0n) is 13.2. The second-order valence-corrected chi connectivity index (χ2v) is 6.71. The Labute approximate surface area is 135 Å². The molecule has 1 aromatic heterocycles. The number of likely N-dealkylation sites (N-methyl/N-ethyl adjacent to an activating group) is 1. The molecule has 0 fully saturated rings. The molecule has 0 saturated heterocycles. The Kier molecular flexibility index (Phi) is 4.16. The van der Waals surface area contributed by atoms with Crippen LogP contribution in [0.3, 0.4) is 0 Å². The normalized spacial score (nSPS) is 14.0. The lowest BCUT2D eigenvalue weighted by Crippen LogP contribution is -2.37. The largest absolute Gasteiger partial charge is 0.362 e. The van der Waals surface area contributed by atoms with Gasteiger partial charge in [-0.05, 0) is 37.8 Å². The van der Waals surface area contributed by atoms with Gasteiger partial charge in [0, 0.05) is 19.6 Å². The van der Waals surface area contributed by atoms with Crippen molar-refractivity contribution < 1.29 is 4.79 Å². The number of carbonyl (C=O) groups is 1. The molecule has 2 aromatic rings. The fraction of sp³-hybridized carbons (Fsp3) is 0.412. The molecule has 1 N–H and O–H groups in total. The van der Waals surface area contributed by atoms with Crippen LogP contribution in [0.15, 0.2) is 24.3 Å². The summed E-state index contributed by atoms with van der Waals surface area (Å²) in [6, 6.07) is 8.70. The van der Waals surface area contributed by atoms with Crippen LogP contribution in [0.5, 0.6) is 0 Å². The van der Waals surface area contributed by atoms with Gasteiger partial charge in [-0.3, -0.25) is 4.79 Å². The summed E-state index contributed by atoms with van der Waals surface area (Å²) in [6.45, 7) is 4.75. The fourth-order valence-corrected chi connectivity index (χ4v) is 3.97. The first-order chi connectivity index (χ1) is 10.6. The monoisotopic (exact) mass is 315 g/mol. The number of hydrogen-bond acceptors (Lipinski definition) is 4. The van der Waals surface area contributed by atoms with E-state index in [1.54, 1.807) is 0 Å². The highest BCUT2D eigenvalue weighted by molar-refractivity contribution is 7.17. The summed E-state index contributed by atoms with van der Waals surface area (Å²) in [5.74, 6) is 0.0805. The van der Waals surface area contributed by atoms with Crippen molar-refractivity contribution in [3.63, 3.8) is 0 Å². The van der Waals surface area contributed by atoms with E-state index in [1.807, 2.05) is 25.8 Å². The summed E-state index contributed by atoms with van der Waals surface area (Å²) in [7, 11) is 1.91. The molecule has 1 aliphatic rings. The Morgan fingerprint density at radius 3 is 2.59 bits per heavy atom. The van der Waals surface area contributed by atoms with Crippen LogP contribution in [-0.2, 0) is 12.8 Å². The Morgan fingerprint density at radius 2 is 2.00 bits per heavy atom. The number of aryl methyl sites for hydroxylation is 1. The van der Waals surface area contributed by atoms with Gasteiger partial charge >= 0.3 is 0 Å². The molecule has 0 aliphatic heterocycles. The molecule has 1 amide bonds. The number of nitrogens with zero attached hydrogens (tertiary/aromatic N) is 2. The molecule has 0 saturated carbocycles. The van der Waals surface area contributed by atoms with Crippen molar-refractivity contribution in [1.82, 2.24) is 9.88 Å². The highest BCUT2D eigenvalue weighted by Crippen LogP contribution is 2.28. The average molecular weight is 315 g/mol. The molecule has 1 heterocycles. The zero-order chi connectivity index (χ0) is 15.7. The van der Waals surface area contributed by atoms with E-state index in [4.69, 9.17) is 0 Å². The first kappa shape index (κ1) is 15.0. The molecule has 5 heteroatoms. The number of benzene rings is 1. The summed E-state index contributed by atoms with van der Waals surface area (Å²) >= 11 is 1.45. The predicted octanol–water partition coefficient (Wildman–Crippen LogP) is 3.12. The highest BCUT2D eigenvalue weighted by atomic mass is 32.1. The van der Waals surface area contributed by atoms with Crippen molar-refractivity contribution in [2.45, 2.75) is 32.7 Å². The summed E-state index contributed by atoms with van der Waals surface area (Å²) in [5.41, 5.74) is 3.54. The second-order valence-electron chi connectivity index (χ2n) is 5.71. The molecule has 22 heavy (non-hydrogen) atoms. The lowest BCUT2D eigenvalue weighted by Gasteiger charge is -2.23. The van der Waals surface area contributed by atoms with Crippen LogP contribution in [0.4, 0.5) is 5.13 Å².